The van der Waals surface area contributed by atoms with Gasteiger partial charge in [-0.3, -0.25) is 9.59 Å². The molecular weight excluding hydrogens is 360 g/mol. The average molecular weight is 379 g/mol. The Balaban J connectivity index is 1.78. The first-order chi connectivity index (χ1) is 12.1. The van der Waals surface area contributed by atoms with Crippen LogP contribution in [0.4, 0.5) is 0 Å². The van der Waals surface area contributed by atoms with Gasteiger partial charge in [0.05, 0.1) is 5.02 Å². The third kappa shape index (κ3) is 4.19. The lowest BCUT2D eigenvalue weighted by Crippen LogP contribution is -2.44. The van der Waals surface area contributed by atoms with Crippen molar-refractivity contribution in [1.29, 1.82) is 0 Å². The van der Waals surface area contributed by atoms with Gasteiger partial charge in [0.15, 0.2) is 0 Å². The van der Waals surface area contributed by atoms with Gasteiger partial charge >= 0.3 is 5.97 Å². The SMILES string of the molecule is O=C(O)CCC1CCCCN1C(=O)c1csc(-c2ccccc2Cl)n1. The molecule has 0 aliphatic carbocycles. The van der Waals surface area contributed by atoms with E-state index in [9.17, 15) is 9.59 Å². The van der Waals surface area contributed by atoms with Crippen molar-refractivity contribution in [2.24, 2.45) is 0 Å². The Morgan fingerprint density at radius 1 is 1.32 bits per heavy atom. The lowest BCUT2D eigenvalue weighted by atomic mass is 9.97. The average Bonchev–Trinajstić information content (AvgIpc) is 3.10. The van der Waals surface area contributed by atoms with Crippen LogP contribution in [0.1, 0.15) is 42.6 Å². The van der Waals surface area contributed by atoms with Crippen LogP contribution < -0.4 is 0 Å². The van der Waals surface area contributed by atoms with Crippen LogP contribution in [0.2, 0.25) is 5.02 Å². The van der Waals surface area contributed by atoms with Crippen molar-refractivity contribution >= 4 is 34.8 Å². The van der Waals surface area contributed by atoms with E-state index in [1.165, 1.54) is 11.3 Å². The van der Waals surface area contributed by atoms with Gasteiger partial charge in [0.1, 0.15) is 10.7 Å². The van der Waals surface area contributed by atoms with E-state index in [2.05, 4.69) is 4.98 Å². The summed E-state index contributed by atoms with van der Waals surface area (Å²) in [5.74, 6) is -0.947. The second-order valence-electron chi connectivity index (χ2n) is 6.10. The third-order valence-electron chi connectivity index (χ3n) is 4.41. The topological polar surface area (TPSA) is 70.5 Å². The molecule has 132 valence electrons. The quantitative estimate of drug-likeness (QED) is 0.840. The molecule has 1 aliphatic heterocycles. The molecule has 25 heavy (non-hydrogen) atoms. The number of nitrogens with zero attached hydrogens (tertiary/aromatic N) is 2. The number of thiazole rings is 1. The van der Waals surface area contributed by atoms with E-state index in [0.717, 1.165) is 24.8 Å². The zero-order valence-electron chi connectivity index (χ0n) is 13.7. The Morgan fingerprint density at radius 3 is 2.88 bits per heavy atom. The monoisotopic (exact) mass is 378 g/mol. The number of piperidine rings is 1. The zero-order chi connectivity index (χ0) is 17.8. The van der Waals surface area contributed by atoms with E-state index in [4.69, 9.17) is 16.7 Å². The van der Waals surface area contributed by atoms with Gasteiger partial charge in [0.25, 0.3) is 5.91 Å². The van der Waals surface area contributed by atoms with E-state index >= 15 is 0 Å². The second kappa shape index (κ2) is 7.97. The van der Waals surface area contributed by atoms with Gasteiger partial charge in [-0.15, -0.1) is 11.3 Å². The first-order valence-corrected chi connectivity index (χ1v) is 9.55. The lowest BCUT2D eigenvalue weighted by molar-refractivity contribution is -0.137. The highest BCUT2D eigenvalue weighted by Crippen LogP contribution is 2.31. The van der Waals surface area contributed by atoms with Gasteiger partial charge in [-0.2, -0.15) is 0 Å². The summed E-state index contributed by atoms with van der Waals surface area (Å²) in [7, 11) is 0. The summed E-state index contributed by atoms with van der Waals surface area (Å²) >= 11 is 7.60. The maximum absolute atomic E-state index is 12.9. The molecule has 1 fully saturated rings. The maximum atomic E-state index is 12.9. The minimum absolute atomic E-state index is 0.0252. The van der Waals surface area contributed by atoms with Gasteiger partial charge in [0.2, 0.25) is 0 Å². The number of likely N-dealkylation sites (tertiary alicyclic amines) is 1. The predicted molar refractivity (Wildman–Crippen MR) is 98.1 cm³/mol. The number of aromatic nitrogens is 1. The standard InChI is InChI=1S/C18H19ClN2O3S/c19-14-7-2-1-6-13(14)17-20-15(11-25-17)18(24)21-10-4-3-5-12(21)8-9-16(22)23/h1-2,6-7,11-12H,3-5,8-10H2,(H,22,23). The van der Waals surface area contributed by atoms with E-state index in [1.807, 2.05) is 18.2 Å². The van der Waals surface area contributed by atoms with Crippen LogP contribution in [-0.2, 0) is 4.79 Å². The summed E-state index contributed by atoms with van der Waals surface area (Å²) in [4.78, 5) is 30.0. The molecule has 0 radical (unpaired) electrons. The van der Waals surface area contributed by atoms with Gasteiger partial charge in [-0.25, -0.2) is 4.98 Å². The number of carbonyl (C=O) groups excluding carboxylic acids is 1. The molecule has 1 aliphatic rings. The van der Waals surface area contributed by atoms with Gasteiger partial charge in [-0.05, 0) is 31.7 Å². The number of carbonyl (C=O) groups is 2. The van der Waals surface area contributed by atoms with Gasteiger partial charge in [-0.1, -0.05) is 29.8 Å². The number of carboxylic acid groups (broad SMARTS) is 1. The Kier molecular flexibility index (Phi) is 5.71. The molecule has 7 heteroatoms. The van der Waals surface area contributed by atoms with E-state index in [0.29, 0.717) is 28.7 Å². The number of carboxylic acids is 1. The van der Waals surface area contributed by atoms with Crippen LogP contribution in [0, 0.1) is 0 Å². The Labute approximate surface area is 155 Å². The molecule has 1 aromatic heterocycles. The first kappa shape index (κ1) is 17.9. The molecule has 1 saturated heterocycles. The van der Waals surface area contributed by atoms with Crippen molar-refractivity contribution in [3.63, 3.8) is 0 Å². The highest BCUT2D eigenvalue weighted by molar-refractivity contribution is 7.13. The molecule has 1 N–H and O–H groups in total. The fourth-order valence-electron chi connectivity index (χ4n) is 3.14. The normalized spacial score (nSPS) is 17.5. The van der Waals surface area contributed by atoms with Crippen molar-refractivity contribution < 1.29 is 14.7 Å². The summed E-state index contributed by atoms with van der Waals surface area (Å²) in [6.45, 7) is 0.655. The van der Waals surface area contributed by atoms with Crippen molar-refractivity contribution in [2.75, 3.05) is 6.54 Å². The van der Waals surface area contributed by atoms with E-state index < -0.39 is 5.97 Å². The summed E-state index contributed by atoms with van der Waals surface area (Å²) in [5.41, 5.74) is 1.22. The molecule has 1 amide bonds. The summed E-state index contributed by atoms with van der Waals surface area (Å²) in [6.07, 6.45) is 3.38. The smallest absolute Gasteiger partial charge is 0.303 e. The van der Waals surface area contributed by atoms with Crippen LogP contribution in [0.3, 0.4) is 0 Å². The molecule has 1 atom stereocenters. The first-order valence-electron chi connectivity index (χ1n) is 8.29. The van der Waals surface area contributed by atoms with Crippen molar-refractivity contribution in [2.45, 2.75) is 38.1 Å². The molecular formula is C18H19ClN2O3S. The molecule has 0 spiro atoms. The zero-order valence-corrected chi connectivity index (χ0v) is 15.2. The molecule has 0 bridgehead atoms. The van der Waals surface area contributed by atoms with E-state index in [1.54, 1.807) is 16.3 Å². The van der Waals surface area contributed by atoms with Crippen LogP contribution in [0.15, 0.2) is 29.6 Å². The highest BCUT2D eigenvalue weighted by atomic mass is 35.5. The van der Waals surface area contributed by atoms with Crippen LogP contribution in [0.5, 0.6) is 0 Å². The van der Waals surface area contributed by atoms with Gasteiger partial charge < -0.3 is 10.0 Å². The summed E-state index contributed by atoms with van der Waals surface area (Å²) in [6, 6.07) is 7.39. The second-order valence-corrected chi connectivity index (χ2v) is 7.36. The highest BCUT2D eigenvalue weighted by Gasteiger charge is 2.29. The van der Waals surface area contributed by atoms with Crippen molar-refractivity contribution in [1.82, 2.24) is 9.88 Å². The summed E-state index contributed by atoms with van der Waals surface area (Å²) < 4.78 is 0. The fourth-order valence-corrected chi connectivity index (χ4v) is 4.25. The van der Waals surface area contributed by atoms with Crippen molar-refractivity contribution in [3.8, 4) is 10.6 Å². The predicted octanol–water partition coefficient (Wildman–Crippen LogP) is 4.32. The molecule has 2 heterocycles. The number of halogens is 1. The van der Waals surface area contributed by atoms with Crippen LogP contribution >= 0.6 is 22.9 Å². The lowest BCUT2D eigenvalue weighted by Gasteiger charge is -2.35. The number of hydrogen-bond donors (Lipinski definition) is 1. The summed E-state index contributed by atoms with van der Waals surface area (Å²) in [5, 5.41) is 12.0. The molecule has 3 rings (SSSR count). The Morgan fingerprint density at radius 2 is 2.12 bits per heavy atom. The van der Waals surface area contributed by atoms with Crippen LogP contribution in [0.25, 0.3) is 10.6 Å². The number of benzene rings is 1. The molecule has 1 unspecified atom stereocenters. The minimum Gasteiger partial charge on any atom is -0.481 e. The van der Waals surface area contributed by atoms with E-state index in [-0.39, 0.29) is 18.4 Å². The Bertz CT molecular complexity index is 777. The molecule has 2 aromatic rings. The minimum atomic E-state index is -0.826. The largest absolute Gasteiger partial charge is 0.481 e. The van der Waals surface area contributed by atoms with Crippen LogP contribution in [-0.4, -0.2) is 39.5 Å². The van der Waals surface area contributed by atoms with Crippen molar-refractivity contribution in [3.05, 3.63) is 40.4 Å². The molecule has 0 saturated carbocycles. The number of aliphatic carboxylic acids is 1. The number of hydrogen-bond acceptors (Lipinski definition) is 4. The Hall–Kier alpha value is -1.92. The molecule has 5 nitrogen and oxygen atoms in total. The molecule has 1 aromatic carbocycles. The maximum Gasteiger partial charge on any atom is 0.303 e. The fraction of sp³-hybridized carbons (Fsp3) is 0.389. The number of rotatable bonds is 5. The third-order valence-corrected chi connectivity index (χ3v) is 5.61. The van der Waals surface area contributed by atoms with Gasteiger partial charge in [0, 0.05) is 30.0 Å². The number of amides is 1.